The molecule has 0 spiro atoms. The van der Waals surface area contributed by atoms with Crippen LogP contribution >= 0.6 is 24.0 Å². The van der Waals surface area contributed by atoms with Gasteiger partial charge in [-0.3, -0.25) is 9.69 Å². The van der Waals surface area contributed by atoms with Gasteiger partial charge in [-0.2, -0.15) is 0 Å². The Morgan fingerprint density at radius 2 is 1.73 bits per heavy atom. The van der Waals surface area contributed by atoms with Crippen LogP contribution in [0.3, 0.4) is 0 Å². The molecule has 0 aromatic carbocycles. The molecule has 1 rings (SSSR count). The van der Waals surface area contributed by atoms with Crippen LogP contribution < -0.4 is 5.32 Å². The van der Waals surface area contributed by atoms with Gasteiger partial charge in [-0.1, -0.05) is 0 Å². The number of hydrogen-bond donors (Lipinski definition) is 1. The predicted molar refractivity (Wildman–Crippen MR) is 115 cm³/mol. The second-order valence-corrected chi connectivity index (χ2v) is 6.68. The second-order valence-electron chi connectivity index (χ2n) is 6.68. The summed E-state index contributed by atoms with van der Waals surface area (Å²) < 4.78 is 10.3. The molecular weight excluding hydrogens is 449 g/mol. The highest BCUT2D eigenvalue weighted by Crippen LogP contribution is 2.15. The Balaban J connectivity index is 0.00000625. The number of carbonyl (C=O) groups is 1. The zero-order valence-corrected chi connectivity index (χ0v) is 19.4. The molecule has 1 heterocycles. The maximum atomic E-state index is 11.9. The van der Waals surface area contributed by atoms with Gasteiger partial charge in [-0.25, -0.2) is 4.99 Å². The van der Waals surface area contributed by atoms with Gasteiger partial charge in [0.15, 0.2) is 5.96 Å². The van der Waals surface area contributed by atoms with Crippen LogP contribution in [0.15, 0.2) is 4.99 Å². The third-order valence-corrected chi connectivity index (χ3v) is 4.41. The van der Waals surface area contributed by atoms with Crippen molar-refractivity contribution in [1.29, 1.82) is 0 Å². The summed E-state index contributed by atoms with van der Waals surface area (Å²) in [4.78, 5) is 22.7. The number of aliphatic imine (C=N–C) groups is 1. The molecule has 8 nitrogen and oxygen atoms in total. The van der Waals surface area contributed by atoms with E-state index in [-0.39, 0.29) is 36.4 Å². The monoisotopic (exact) mass is 485 g/mol. The molecule has 1 aliphatic rings. The number of hydrogen-bond acceptors (Lipinski definition) is 5. The normalized spacial score (nSPS) is 21.3. The Morgan fingerprint density at radius 1 is 1.15 bits per heavy atom. The van der Waals surface area contributed by atoms with E-state index in [4.69, 9.17) is 9.47 Å². The van der Waals surface area contributed by atoms with E-state index in [1.54, 1.807) is 33.2 Å². The van der Waals surface area contributed by atoms with Gasteiger partial charge in [0.25, 0.3) is 0 Å². The minimum absolute atomic E-state index is 0. The summed E-state index contributed by atoms with van der Waals surface area (Å²) in [5, 5.41) is 3.32. The minimum atomic E-state index is -0.00845. The van der Waals surface area contributed by atoms with Gasteiger partial charge in [0.1, 0.15) is 6.54 Å². The second kappa shape index (κ2) is 13.5. The number of nitrogens with one attached hydrogen (secondary N) is 1. The lowest BCUT2D eigenvalue weighted by Gasteiger charge is -2.45. The quantitative estimate of drug-likeness (QED) is 0.231. The summed E-state index contributed by atoms with van der Waals surface area (Å²) in [6.07, 6.45) is 0. The van der Waals surface area contributed by atoms with Crippen molar-refractivity contribution in [3.05, 3.63) is 0 Å². The Bertz CT molecular complexity index is 425. The van der Waals surface area contributed by atoms with Crippen LogP contribution in [0.25, 0.3) is 0 Å². The fourth-order valence-corrected chi connectivity index (χ4v) is 2.98. The van der Waals surface area contributed by atoms with E-state index >= 15 is 0 Å². The lowest BCUT2D eigenvalue weighted by molar-refractivity contribution is -0.127. The maximum absolute atomic E-state index is 11.9. The number of amides is 1. The third kappa shape index (κ3) is 8.36. The molecule has 26 heavy (non-hydrogen) atoms. The van der Waals surface area contributed by atoms with E-state index < -0.39 is 0 Å². The minimum Gasteiger partial charge on any atom is -0.383 e. The van der Waals surface area contributed by atoms with E-state index in [0.717, 1.165) is 32.2 Å². The smallest absolute Gasteiger partial charge is 0.243 e. The molecule has 1 aliphatic heterocycles. The molecule has 1 saturated heterocycles. The molecule has 0 bridgehead atoms. The molecule has 154 valence electrons. The summed E-state index contributed by atoms with van der Waals surface area (Å²) in [5.74, 6) is 0.767. The van der Waals surface area contributed by atoms with Gasteiger partial charge < -0.3 is 24.6 Å². The fraction of sp³-hybridized carbons (Fsp3) is 0.882. The van der Waals surface area contributed by atoms with Gasteiger partial charge in [-0.05, 0) is 13.8 Å². The number of halogens is 1. The standard InChI is InChI=1S/C17H35N5O3.HI/c1-14-12-21(13-15(2)22(14)8-10-25-6)17(18-7-9-24-5)19-11-16(23)20(3)4;/h14-15H,7-13H2,1-6H3,(H,18,19);1H. The average Bonchev–Trinajstić information content (AvgIpc) is 2.56. The molecule has 0 radical (unpaired) electrons. The number of guanidine groups is 1. The SMILES string of the molecule is COCCNC(=NCC(=O)N(C)C)N1CC(C)N(CCOC)C(C)C1.I. The zero-order valence-electron chi connectivity index (χ0n) is 17.0. The summed E-state index contributed by atoms with van der Waals surface area (Å²) in [6.45, 7) is 9.24. The van der Waals surface area contributed by atoms with Crippen molar-refractivity contribution in [3.63, 3.8) is 0 Å². The average molecular weight is 485 g/mol. The molecule has 0 saturated carbocycles. The van der Waals surface area contributed by atoms with Crippen LogP contribution in [-0.4, -0.2) is 113 Å². The molecule has 1 amide bonds. The highest BCUT2D eigenvalue weighted by molar-refractivity contribution is 14.0. The first-order chi connectivity index (χ1) is 11.9. The van der Waals surface area contributed by atoms with Crippen LogP contribution in [-0.2, 0) is 14.3 Å². The Labute approximate surface area is 175 Å². The van der Waals surface area contributed by atoms with E-state index in [9.17, 15) is 4.79 Å². The van der Waals surface area contributed by atoms with Gasteiger partial charge in [0, 0.05) is 66.6 Å². The van der Waals surface area contributed by atoms with E-state index in [2.05, 4.69) is 34.0 Å². The van der Waals surface area contributed by atoms with Crippen LogP contribution in [0.5, 0.6) is 0 Å². The van der Waals surface area contributed by atoms with Gasteiger partial charge >= 0.3 is 0 Å². The van der Waals surface area contributed by atoms with Crippen molar-refractivity contribution >= 4 is 35.8 Å². The molecule has 2 atom stereocenters. The van der Waals surface area contributed by atoms with Crippen molar-refractivity contribution in [2.75, 3.05) is 74.3 Å². The van der Waals surface area contributed by atoms with Gasteiger partial charge in [0.2, 0.25) is 5.91 Å². The highest BCUT2D eigenvalue weighted by atomic mass is 127. The van der Waals surface area contributed by atoms with Crippen molar-refractivity contribution < 1.29 is 14.3 Å². The maximum Gasteiger partial charge on any atom is 0.243 e. The lowest BCUT2D eigenvalue weighted by Crippen LogP contribution is -2.60. The summed E-state index contributed by atoms with van der Waals surface area (Å²) in [6, 6.07) is 0.774. The number of methoxy groups -OCH3 is 2. The van der Waals surface area contributed by atoms with Crippen molar-refractivity contribution in [2.45, 2.75) is 25.9 Å². The van der Waals surface area contributed by atoms with E-state index in [0.29, 0.717) is 25.2 Å². The van der Waals surface area contributed by atoms with Gasteiger partial charge in [0.05, 0.1) is 13.2 Å². The number of piperazine rings is 1. The van der Waals surface area contributed by atoms with Crippen molar-refractivity contribution in [2.24, 2.45) is 4.99 Å². The molecule has 0 aromatic heterocycles. The van der Waals surface area contributed by atoms with Gasteiger partial charge in [-0.15, -0.1) is 24.0 Å². The number of carbonyl (C=O) groups excluding carboxylic acids is 1. The fourth-order valence-electron chi connectivity index (χ4n) is 2.98. The Kier molecular flexibility index (Phi) is 13.2. The topological polar surface area (TPSA) is 69.6 Å². The number of rotatable bonds is 8. The third-order valence-electron chi connectivity index (χ3n) is 4.41. The predicted octanol–water partition coefficient (Wildman–Crippen LogP) is 0.326. The lowest BCUT2D eigenvalue weighted by atomic mass is 10.1. The van der Waals surface area contributed by atoms with Crippen molar-refractivity contribution in [3.8, 4) is 0 Å². The zero-order chi connectivity index (χ0) is 18.8. The first kappa shape index (κ1) is 25.4. The largest absolute Gasteiger partial charge is 0.383 e. The van der Waals surface area contributed by atoms with E-state index in [1.165, 1.54) is 0 Å². The summed E-state index contributed by atoms with van der Waals surface area (Å²) in [5.41, 5.74) is 0. The first-order valence-electron chi connectivity index (χ1n) is 8.87. The van der Waals surface area contributed by atoms with Crippen LogP contribution in [0, 0.1) is 0 Å². The molecule has 9 heteroatoms. The molecule has 0 aliphatic carbocycles. The summed E-state index contributed by atoms with van der Waals surface area (Å²) >= 11 is 0. The number of nitrogens with zero attached hydrogens (tertiary/aromatic N) is 4. The molecular formula is C17H36IN5O3. The molecule has 0 aromatic rings. The molecule has 1 fully saturated rings. The molecule has 1 N–H and O–H groups in total. The Hall–Kier alpha value is -0.650. The Morgan fingerprint density at radius 3 is 2.23 bits per heavy atom. The number of likely N-dealkylation sites (N-methyl/N-ethyl adjacent to an activating group) is 1. The van der Waals surface area contributed by atoms with Crippen LogP contribution in [0.4, 0.5) is 0 Å². The first-order valence-corrected chi connectivity index (χ1v) is 8.87. The van der Waals surface area contributed by atoms with E-state index in [1.807, 2.05) is 0 Å². The molecule has 2 unspecified atom stereocenters. The summed E-state index contributed by atoms with van der Waals surface area (Å²) in [7, 11) is 6.90. The van der Waals surface area contributed by atoms with Crippen molar-refractivity contribution in [1.82, 2.24) is 20.0 Å². The number of ether oxygens (including phenoxy) is 2. The van der Waals surface area contributed by atoms with Crippen LogP contribution in [0.1, 0.15) is 13.8 Å². The highest BCUT2D eigenvalue weighted by Gasteiger charge is 2.30. The van der Waals surface area contributed by atoms with Crippen LogP contribution in [0.2, 0.25) is 0 Å².